The number of amides is 1. The first-order valence-electron chi connectivity index (χ1n) is 8.07. The van der Waals surface area contributed by atoms with E-state index in [1.807, 2.05) is 0 Å². The van der Waals surface area contributed by atoms with Crippen molar-refractivity contribution in [3.8, 4) is 11.4 Å². The van der Waals surface area contributed by atoms with Gasteiger partial charge in [0.2, 0.25) is 5.91 Å². The maximum absolute atomic E-state index is 13.3. The van der Waals surface area contributed by atoms with Crippen LogP contribution in [0, 0.1) is 5.82 Å². The topological polar surface area (TPSA) is 73.2 Å². The molecule has 0 fully saturated rings. The molecule has 1 heterocycles. The Labute approximate surface area is 169 Å². The first-order valence-corrected chi connectivity index (χ1v) is 9.44. The quantitative estimate of drug-likeness (QED) is 0.616. The summed E-state index contributed by atoms with van der Waals surface area (Å²) in [5.74, 6) is -0.250. The third-order valence-electron chi connectivity index (χ3n) is 3.68. The molecule has 3 rings (SSSR count). The number of thioether (sulfide) groups is 1. The Morgan fingerprint density at radius 3 is 2.89 bits per heavy atom. The van der Waals surface area contributed by atoms with Crippen LogP contribution in [0.4, 0.5) is 10.1 Å². The van der Waals surface area contributed by atoms with Gasteiger partial charge in [-0.2, -0.15) is 0 Å². The normalized spacial score (nSPS) is 10.5. The highest BCUT2D eigenvalue weighted by Crippen LogP contribution is 2.20. The highest BCUT2D eigenvalue weighted by molar-refractivity contribution is 7.99. The fourth-order valence-corrected chi connectivity index (χ4v) is 3.23. The lowest BCUT2D eigenvalue weighted by molar-refractivity contribution is -0.113. The van der Waals surface area contributed by atoms with Crippen LogP contribution < -0.4 is 15.6 Å². The molecule has 0 atom stereocenters. The molecule has 0 aliphatic heterocycles. The third kappa shape index (κ3) is 4.71. The number of carbonyl (C=O) groups excluding carboxylic acids is 1. The van der Waals surface area contributed by atoms with Crippen LogP contribution in [0.15, 0.2) is 64.7 Å². The lowest BCUT2D eigenvalue weighted by Gasteiger charge is -2.09. The summed E-state index contributed by atoms with van der Waals surface area (Å²) in [6, 6.07) is 10.9. The van der Waals surface area contributed by atoms with E-state index in [0.717, 1.165) is 11.8 Å². The lowest BCUT2D eigenvalue weighted by atomic mass is 10.3. The molecule has 144 valence electrons. The van der Waals surface area contributed by atoms with E-state index in [1.165, 1.54) is 42.3 Å². The van der Waals surface area contributed by atoms with Gasteiger partial charge in [0.05, 0.1) is 23.6 Å². The molecule has 2 aromatic carbocycles. The maximum Gasteiger partial charge on any atom is 0.287 e. The molecule has 9 heteroatoms. The predicted molar refractivity (Wildman–Crippen MR) is 107 cm³/mol. The van der Waals surface area contributed by atoms with Crippen molar-refractivity contribution >= 4 is 35.0 Å². The van der Waals surface area contributed by atoms with Crippen LogP contribution in [0.5, 0.6) is 5.75 Å². The maximum atomic E-state index is 13.3. The van der Waals surface area contributed by atoms with Gasteiger partial charge in [-0.15, -0.1) is 0 Å². The minimum absolute atomic E-state index is 0.00631. The van der Waals surface area contributed by atoms with E-state index in [2.05, 4.69) is 10.3 Å². The molecule has 28 heavy (non-hydrogen) atoms. The van der Waals surface area contributed by atoms with Crippen molar-refractivity contribution in [1.29, 1.82) is 0 Å². The molecule has 1 amide bonds. The number of nitrogens with one attached hydrogen (secondary N) is 1. The number of anilines is 1. The van der Waals surface area contributed by atoms with Gasteiger partial charge in [0, 0.05) is 24.1 Å². The van der Waals surface area contributed by atoms with Gasteiger partial charge in [-0.05, 0) is 30.3 Å². The summed E-state index contributed by atoms with van der Waals surface area (Å²) < 4.78 is 19.7. The number of hydrogen-bond acceptors (Lipinski definition) is 5. The molecule has 0 saturated heterocycles. The molecule has 0 saturated carbocycles. The number of benzene rings is 2. The number of halogens is 2. The summed E-state index contributed by atoms with van der Waals surface area (Å²) in [7, 11) is 1.54. The van der Waals surface area contributed by atoms with Crippen LogP contribution in [-0.4, -0.2) is 28.3 Å². The van der Waals surface area contributed by atoms with Crippen molar-refractivity contribution in [2.75, 3.05) is 18.2 Å². The van der Waals surface area contributed by atoms with Gasteiger partial charge >= 0.3 is 0 Å². The molecular weight excluding hydrogens is 405 g/mol. The molecule has 1 aromatic heterocycles. The first kappa shape index (κ1) is 19.9. The predicted octanol–water partition coefficient (Wildman–Crippen LogP) is 3.76. The monoisotopic (exact) mass is 419 g/mol. The lowest BCUT2D eigenvalue weighted by Crippen LogP contribution is -2.22. The average Bonchev–Trinajstić information content (AvgIpc) is 2.69. The van der Waals surface area contributed by atoms with Crippen LogP contribution in [0.25, 0.3) is 5.69 Å². The number of ether oxygens (including phenoxy) is 1. The Hall–Kier alpha value is -2.84. The van der Waals surface area contributed by atoms with Crippen LogP contribution in [0.3, 0.4) is 0 Å². The Balaban J connectivity index is 1.71. The summed E-state index contributed by atoms with van der Waals surface area (Å²) in [5.41, 5.74) is 0.565. The Morgan fingerprint density at radius 1 is 1.32 bits per heavy atom. The van der Waals surface area contributed by atoms with Crippen molar-refractivity contribution in [3.05, 3.63) is 76.1 Å². The SMILES string of the molecule is COc1cccc(NC(=O)CSc2nccn(-c3ccc(F)c(Cl)c3)c2=O)c1. The molecule has 0 unspecified atom stereocenters. The molecule has 0 bridgehead atoms. The summed E-state index contributed by atoms with van der Waals surface area (Å²) in [6.07, 6.45) is 2.88. The molecule has 0 radical (unpaired) electrons. The molecular formula is C19H15ClFN3O3S. The van der Waals surface area contributed by atoms with Gasteiger partial charge in [-0.3, -0.25) is 14.2 Å². The molecule has 3 aromatic rings. The Kier molecular flexibility index (Phi) is 6.33. The minimum Gasteiger partial charge on any atom is -0.497 e. The van der Waals surface area contributed by atoms with E-state index >= 15 is 0 Å². The molecule has 0 aliphatic carbocycles. The van der Waals surface area contributed by atoms with Crippen LogP contribution in [0.2, 0.25) is 5.02 Å². The van der Waals surface area contributed by atoms with Crippen molar-refractivity contribution in [3.63, 3.8) is 0 Å². The smallest absolute Gasteiger partial charge is 0.287 e. The number of nitrogens with zero attached hydrogens (tertiary/aromatic N) is 2. The summed E-state index contributed by atoms with van der Waals surface area (Å²) in [4.78, 5) is 28.8. The number of rotatable bonds is 6. The molecule has 1 N–H and O–H groups in total. The fraction of sp³-hybridized carbons (Fsp3) is 0.105. The van der Waals surface area contributed by atoms with Crippen molar-refractivity contribution in [2.45, 2.75) is 5.03 Å². The summed E-state index contributed by atoms with van der Waals surface area (Å²) in [5, 5.41) is 2.78. The Bertz CT molecular complexity index is 1070. The molecule has 0 aliphatic rings. The first-order chi connectivity index (χ1) is 13.5. The third-order valence-corrected chi connectivity index (χ3v) is 4.93. The van der Waals surface area contributed by atoms with Gasteiger partial charge in [-0.25, -0.2) is 9.37 Å². The summed E-state index contributed by atoms with van der Waals surface area (Å²) in [6.45, 7) is 0. The van der Waals surface area contributed by atoms with E-state index < -0.39 is 11.4 Å². The van der Waals surface area contributed by atoms with Crippen LogP contribution in [-0.2, 0) is 4.79 Å². The van der Waals surface area contributed by atoms with Gasteiger partial charge < -0.3 is 10.1 Å². The van der Waals surface area contributed by atoms with Crippen molar-refractivity contribution < 1.29 is 13.9 Å². The zero-order valence-electron chi connectivity index (χ0n) is 14.7. The number of aromatic nitrogens is 2. The second-order valence-electron chi connectivity index (χ2n) is 5.57. The van der Waals surface area contributed by atoms with Gasteiger partial charge in [-0.1, -0.05) is 29.4 Å². The number of carbonyl (C=O) groups is 1. The zero-order chi connectivity index (χ0) is 20.1. The van der Waals surface area contributed by atoms with E-state index in [9.17, 15) is 14.0 Å². The van der Waals surface area contributed by atoms with Crippen LogP contribution in [0.1, 0.15) is 0 Å². The van der Waals surface area contributed by atoms with Crippen molar-refractivity contribution in [2.24, 2.45) is 0 Å². The second kappa shape index (κ2) is 8.90. The van der Waals surface area contributed by atoms with Gasteiger partial charge in [0.15, 0.2) is 5.03 Å². The van der Waals surface area contributed by atoms with Crippen LogP contribution >= 0.6 is 23.4 Å². The second-order valence-corrected chi connectivity index (χ2v) is 6.95. The van der Waals surface area contributed by atoms with Gasteiger partial charge in [0.25, 0.3) is 5.56 Å². The fourth-order valence-electron chi connectivity index (χ4n) is 2.36. The molecule has 6 nitrogen and oxygen atoms in total. The van der Waals surface area contributed by atoms with Crippen molar-refractivity contribution in [1.82, 2.24) is 9.55 Å². The van der Waals surface area contributed by atoms with E-state index in [1.54, 1.807) is 24.3 Å². The summed E-state index contributed by atoms with van der Waals surface area (Å²) >= 11 is 6.79. The van der Waals surface area contributed by atoms with Gasteiger partial charge in [0.1, 0.15) is 11.6 Å². The Morgan fingerprint density at radius 2 is 2.14 bits per heavy atom. The molecule has 0 spiro atoms. The highest BCUT2D eigenvalue weighted by Gasteiger charge is 2.11. The average molecular weight is 420 g/mol. The zero-order valence-corrected chi connectivity index (χ0v) is 16.3. The van der Waals surface area contributed by atoms with E-state index in [-0.39, 0.29) is 21.7 Å². The largest absolute Gasteiger partial charge is 0.497 e. The van der Waals surface area contributed by atoms with E-state index in [4.69, 9.17) is 16.3 Å². The highest BCUT2D eigenvalue weighted by atomic mass is 35.5. The number of methoxy groups -OCH3 is 1. The minimum atomic E-state index is -0.573. The van der Waals surface area contributed by atoms with E-state index in [0.29, 0.717) is 17.1 Å². The number of hydrogen-bond donors (Lipinski definition) is 1. The standard InChI is InChI=1S/C19H15ClFN3O3S/c1-27-14-4-2-3-12(9-14)23-17(25)11-28-18-19(26)24(8-7-22-18)13-5-6-16(21)15(20)10-13/h2-10H,11H2,1H3,(H,23,25).